The van der Waals surface area contributed by atoms with E-state index in [2.05, 4.69) is 137 Å². The summed E-state index contributed by atoms with van der Waals surface area (Å²) in [6, 6.07) is 46.0. The molecule has 0 amide bonds. The summed E-state index contributed by atoms with van der Waals surface area (Å²) in [7, 11) is 0. The van der Waals surface area contributed by atoms with Crippen molar-refractivity contribution in [1.82, 2.24) is 9.13 Å². The lowest BCUT2D eigenvalue weighted by atomic mass is 9.34. The highest BCUT2D eigenvalue weighted by Gasteiger charge is 2.40. The average molecular weight is 508 g/mol. The zero-order valence-corrected chi connectivity index (χ0v) is 21.5. The van der Waals surface area contributed by atoms with Gasteiger partial charge in [0, 0.05) is 38.4 Å². The molecule has 6 aromatic carbocycles. The van der Waals surface area contributed by atoms with Gasteiger partial charge in [-0.05, 0) is 52.8 Å². The number of aromatic nitrogens is 2. The van der Waals surface area contributed by atoms with E-state index in [4.69, 9.17) is 4.74 Å². The Bertz CT molecular complexity index is 2360. The molecule has 0 radical (unpaired) electrons. The van der Waals surface area contributed by atoms with Crippen molar-refractivity contribution >= 4 is 66.7 Å². The number of fused-ring (bicyclic) bond motifs is 11. The van der Waals surface area contributed by atoms with E-state index in [1.54, 1.807) is 0 Å². The molecule has 2 aromatic heterocycles. The minimum absolute atomic E-state index is 0.132. The molecule has 0 N–H and O–H groups in total. The van der Waals surface area contributed by atoms with Gasteiger partial charge in [-0.3, -0.25) is 0 Å². The summed E-state index contributed by atoms with van der Waals surface area (Å²) >= 11 is 0. The van der Waals surface area contributed by atoms with Crippen LogP contribution in [0.25, 0.3) is 55.0 Å². The van der Waals surface area contributed by atoms with Gasteiger partial charge >= 0.3 is 0 Å². The SMILES string of the molecule is c1ccc(-n2c3ccccc3c3ccc4c5cccc6c5n(c4c32)-c2cccc3c2B6c2ccccc2O3)cc1. The van der Waals surface area contributed by atoms with Gasteiger partial charge in [-0.2, -0.15) is 0 Å². The second kappa shape index (κ2) is 7.25. The van der Waals surface area contributed by atoms with E-state index in [0.717, 1.165) is 11.5 Å². The monoisotopic (exact) mass is 508 g/mol. The predicted octanol–water partition coefficient (Wildman–Crippen LogP) is 6.82. The summed E-state index contributed by atoms with van der Waals surface area (Å²) in [6.45, 7) is 0.132. The quantitative estimate of drug-likeness (QED) is 0.223. The van der Waals surface area contributed by atoms with E-state index in [-0.39, 0.29) is 6.71 Å². The van der Waals surface area contributed by atoms with Gasteiger partial charge in [-0.25, -0.2) is 0 Å². The van der Waals surface area contributed by atoms with Crippen molar-refractivity contribution in [3.05, 3.63) is 127 Å². The molecule has 0 unspecified atom stereocenters. The van der Waals surface area contributed by atoms with Crippen molar-refractivity contribution in [3.63, 3.8) is 0 Å². The van der Waals surface area contributed by atoms with Gasteiger partial charge < -0.3 is 13.9 Å². The highest BCUT2D eigenvalue weighted by Crippen LogP contribution is 2.43. The van der Waals surface area contributed by atoms with E-state index < -0.39 is 0 Å². The van der Waals surface area contributed by atoms with Crippen LogP contribution in [-0.2, 0) is 0 Å². The summed E-state index contributed by atoms with van der Waals surface area (Å²) in [6.07, 6.45) is 0. The Morgan fingerprint density at radius 1 is 0.450 bits per heavy atom. The molecule has 0 fully saturated rings. The van der Waals surface area contributed by atoms with Gasteiger partial charge in [0.1, 0.15) is 11.5 Å². The molecule has 184 valence electrons. The third-order valence-corrected chi connectivity index (χ3v) is 8.96. The van der Waals surface area contributed by atoms with Crippen LogP contribution in [-0.4, -0.2) is 15.8 Å². The lowest BCUT2D eigenvalue weighted by Crippen LogP contribution is -2.58. The average Bonchev–Trinajstić information content (AvgIpc) is 3.53. The van der Waals surface area contributed by atoms with Crippen LogP contribution >= 0.6 is 0 Å². The molecule has 0 saturated heterocycles. The van der Waals surface area contributed by atoms with Crippen LogP contribution in [0, 0.1) is 0 Å². The molecule has 8 aromatic rings. The molecule has 40 heavy (non-hydrogen) atoms. The first-order valence-electron chi connectivity index (χ1n) is 13.8. The number of nitrogens with zero attached hydrogens (tertiary/aromatic N) is 2. The van der Waals surface area contributed by atoms with Gasteiger partial charge in [0.05, 0.1) is 16.6 Å². The van der Waals surface area contributed by atoms with Crippen LogP contribution in [0.15, 0.2) is 127 Å². The van der Waals surface area contributed by atoms with E-state index in [0.29, 0.717) is 0 Å². The molecular formula is C36H21BN2O. The third kappa shape index (κ3) is 2.39. The smallest absolute Gasteiger partial charge is 0.256 e. The largest absolute Gasteiger partial charge is 0.458 e. The summed E-state index contributed by atoms with van der Waals surface area (Å²) in [5, 5.41) is 5.10. The fourth-order valence-corrected chi connectivity index (χ4v) is 7.46. The van der Waals surface area contributed by atoms with E-state index in [1.165, 1.54) is 71.4 Å². The normalized spacial score (nSPS) is 13.2. The fraction of sp³-hybridized carbons (Fsp3) is 0. The number of para-hydroxylation sites is 4. The van der Waals surface area contributed by atoms with Gasteiger partial charge in [0.15, 0.2) is 0 Å². The molecule has 4 heteroatoms. The first-order chi connectivity index (χ1) is 19.9. The van der Waals surface area contributed by atoms with Crippen molar-refractivity contribution < 1.29 is 4.74 Å². The zero-order valence-electron chi connectivity index (χ0n) is 21.5. The van der Waals surface area contributed by atoms with E-state index in [9.17, 15) is 0 Å². The summed E-state index contributed by atoms with van der Waals surface area (Å²) in [5.41, 5.74) is 11.2. The highest BCUT2D eigenvalue weighted by molar-refractivity contribution is 6.99. The van der Waals surface area contributed by atoms with Gasteiger partial charge in [-0.1, -0.05) is 91.0 Å². The third-order valence-electron chi connectivity index (χ3n) is 8.96. The van der Waals surface area contributed by atoms with E-state index >= 15 is 0 Å². The first-order valence-corrected chi connectivity index (χ1v) is 13.8. The second-order valence-corrected chi connectivity index (χ2v) is 10.9. The number of hydrogen-bond donors (Lipinski definition) is 0. The lowest BCUT2D eigenvalue weighted by Gasteiger charge is -2.33. The maximum atomic E-state index is 6.53. The molecule has 2 aliphatic rings. The molecule has 10 rings (SSSR count). The van der Waals surface area contributed by atoms with Gasteiger partial charge in [0.25, 0.3) is 6.71 Å². The number of benzene rings is 6. The van der Waals surface area contributed by atoms with Gasteiger partial charge in [0.2, 0.25) is 0 Å². The topological polar surface area (TPSA) is 19.1 Å². The fourth-order valence-electron chi connectivity index (χ4n) is 7.46. The minimum Gasteiger partial charge on any atom is -0.458 e. The summed E-state index contributed by atoms with van der Waals surface area (Å²) < 4.78 is 11.5. The van der Waals surface area contributed by atoms with Crippen LogP contribution < -0.4 is 21.1 Å². The Morgan fingerprint density at radius 2 is 1.10 bits per heavy atom. The van der Waals surface area contributed by atoms with Crippen molar-refractivity contribution in [2.75, 3.05) is 0 Å². The van der Waals surface area contributed by atoms with Crippen molar-refractivity contribution in [2.24, 2.45) is 0 Å². The van der Waals surface area contributed by atoms with Crippen molar-refractivity contribution in [2.45, 2.75) is 0 Å². The molecule has 0 saturated carbocycles. The Hall–Kier alpha value is -5.22. The summed E-state index contributed by atoms with van der Waals surface area (Å²) in [5.74, 6) is 1.90. The Labute approximate surface area is 230 Å². The molecule has 0 spiro atoms. The molecular weight excluding hydrogens is 487 g/mol. The van der Waals surface area contributed by atoms with Crippen LogP contribution in [0.5, 0.6) is 11.5 Å². The maximum absolute atomic E-state index is 6.53. The number of ether oxygens (including phenoxy) is 1. The maximum Gasteiger partial charge on any atom is 0.256 e. The minimum atomic E-state index is 0.132. The standard InChI is InChI=1S/C36H21BN2O/c1-2-10-22(11-3-1)38-29-16-6-4-12-23(29)25-20-21-26-24-13-8-15-28-34(24)39(36(26)35(25)38)30-17-9-19-32-33(30)37(28)27-14-5-7-18-31(27)40-32/h1-21H. The van der Waals surface area contributed by atoms with Crippen molar-refractivity contribution in [3.8, 4) is 22.9 Å². The van der Waals surface area contributed by atoms with Crippen LogP contribution in [0.4, 0.5) is 0 Å². The Kier molecular flexibility index (Phi) is 3.75. The molecule has 2 aliphatic heterocycles. The predicted molar refractivity (Wildman–Crippen MR) is 166 cm³/mol. The van der Waals surface area contributed by atoms with E-state index in [1.807, 2.05) is 0 Å². The second-order valence-electron chi connectivity index (χ2n) is 10.9. The lowest BCUT2D eigenvalue weighted by molar-refractivity contribution is 0.487. The van der Waals surface area contributed by atoms with Crippen LogP contribution in [0.1, 0.15) is 0 Å². The molecule has 0 atom stereocenters. The van der Waals surface area contributed by atoms with Crippen LogP contribution in [0.2, 0.25) is 0 Å². The first kappa shape index (κ1) is 20.7. The van der Waals surface area contributed by atoms with Gasteiger partial charge in [-0.15, -0.1) is 0 Å². The molecule has 0 aliphatic carbocycles. The molecule has 4 heterocycles. The summed E-state index contributed by atoms with van der Waals surface area (Å²) in [4.78, 5) is 0. The number of rotatable bonds is 1. The molecule has 0 bridgehead atoms. The van der Waals surface area contributed by atoms with Crippen LogP contribution in [0.3, 0.4) is 0 Å². The highest BCUT2D eigenvalue weighted by atomic mass is 16.5. The Balaban J connectivity index is 1.47. The number of hydrogen-bond acceptors (Lipinski definition) is 1. The van der Waals surface area contributed by atoms with Crippen molar-refractivity contribution in [1.29, 1.82) is 0 Å². The zero-order chi connectivity index (χ0) is 25.9. The molecule has 3 nitrogen and oxygen atoms in total. The Morgan fingerprint density at radius 3 is 2.02 bits per heavy atom.